The number of urea groups is 1. The molecule has 118 valence electrons. The van der Waals surface area contributed by atoms with Crippen molar-refractivity contribution in [1.29, 1.82) is 0 Å². The van der Waals surface area contributed by atoms with Gasteiger partial charge >= 0.3 is 6.03 Å². The number of nitrogens with zero attached hydrogens (tertiary/aromatic N) is 1. The minimum absolute atomic E-state index is 0.0787. The van der Waals surface area contributed by atoms with Crippen LogP contribution >= 0.6 is 27.3 Å². The van der Waals surface area contributed by atoms with Gasteiger partial charge in [0.25, 0.3) is 0 Å². The number of likely N-dealkylation sites (tertiary alicyclic amines) is 1. The number of carbonyl (C=O) groups excluding carboxylic acids is 1. The third-order valence-corrected chi connectivity index (χ3v) is 5.37. The molecule has 2 rings (SSSR count). The molecule has 0 bridgehead atoms. The van der Waals surface area contributed by atoms with Crippen molar-refractivity contribution in [1.82, 2.24) is 15.5 Å². The van der Waals surface area contributed by atoms with E-state index in [0.717, 1.165) is 22.4 Å². The van der Waals surface area contributed by atoms with E-state index in [1.54, 1.807) is 11.3 Å². The fourth-order valence-electron chi connectivity index (χ4n) is 2.59. The average molecular weight is 374 g/mol. The lowest BCUT2D eigenvalue weighted by atomic mass is 10.1. The van der Waals surface area contributed by atoms with Gasteiger partial charge in [-0.1, -0.05) is 13.3 Å². The maximum absolute atomic E-state index is 11.8. The second-order valence-electron chi connectivity index (χ2n) is 5.76. The number of amides is 2. The van der Waals surface area contributed by atoms with Crippen LogP contribution in [0.1, 0.15) is 31.1 Å². The third-order valence-electron chi connectivity index (χ3n) is 3.67. The smallest absolute Gasteiger partial charge is 0.315 e. The van der Waals surface area contributed by atoms with Gasteiger partial charge in [0.05, 0.1) is 6.54 Å². The Balaban J connectivity index is 1.59. The highest BCUT2D eigenvalue weighted by Crippen LogP contribution is 2.19. The summed E-state index contributed by atoms with van der Waals surface area (Å²) in [5.74, 6) is 0.490. The van der Waals surface area contributed by atoms with Gasteiger partial charge in [0.15, 0.2) is 0 Å². The lowest BCUT2D eigenvalue weighted by Crippen LogP contribution is -2.41. The molecule has 1 saturated heterocycles. The van der Waals surface area contributed by atoms with Crippen LogP contribution in [0.15, 0.2) is 15.9 Å². The Labute approximate surface area is 139 Å². The van der Waals surface area contributed by atoms with Crippen molar-refractivity contribution < 1.29 is 4.79 Å². The first-order chi connectivity index (χ1) is 10.1. The molecular weight excluding hydrogens is 350 g/mol. The molecule has 4 nitrogen and oxygen atoms in total. The van der Waals surface area contributed by atoms with Gasteiger partial charge in [0.2, 0.25) is 0 Å². The summed E-state index contributed by atoms with van der Waals surface area (Å²) >= 11 is 5.06. The number of carbonyl (C=O) groups is 1. The molecule has 1 unspecified atom stereocenters. The second-order valence-corrected chi connectivity index (χ2v) is 7.67. The fraction of sp³-hybridized carbons (Fsp3) is 0.667. The second kappa shape index (κ2) is 8.76. The minimum atomic E-state index is -0.0787. The SMILES string of the molecule is CC(CNC(=O)NCc1cc(Br)cs1)CN1CCCCC1. The highest BCUT2D eigenvalue weighted by Gasteiger charge is 2.14. The van der Waals surface area contributed by atoms with Crippen LogP contribution in [0.5, 0.6) is 0 Å². The zero-order valence-electron chi connectivity index (χ0n) is 12.5. The number of halogens is 1. The maximum Gasteiger partial charge on any atom is 0.315 e. The van der Waals surface area contributed by atoms with Gasteiger partial charge in [-0.05, 0) is 53.8 Å². The van der Waals surface area contributed by atoms with Crippen molar-refractivity contribution in [3.8, 4) is 0 Å². The maximum atomic E-state index is 11.8. The van der Waals surface area contributed by atoms with E-state index in [1.807, 2.05) is 11.4 Å². The van der Waals surface area contributed by atoms with Gasteiger partial charge in [-0.3, -0.25) is 0 Å². The predicted molar refractivity (Wildman–Crippen MR) is 91.7 cm³/mol. The van der Waals surface area contributed by atoms with E-state index in [1.165, 1.54) is 32.4 Å². The van der Waals surface area contributed by atoms with E-state index in [-0.39, 0.29) is 6.03 Å². The lowest BCUT2D eigenvalue weighted by Gasteiger charge is -2.29. The highest BCUT2D eigenvalue weighted by molar-refractivity contribution is 9.10. The largest absolute Gasteiger partial charge is 0.338 e. The van der Waals surface area contributed by atoms with Crippen LogP contribution in [-0.4, -0.2) is 37.1 Å². The van der Waals surface area contributed by atoms with Crippen molar-refractivity contribution in [3.63, 3.8) is 0 Å². The molecule has 1 aromatic heterocycles. The molecule has 1 aliphatic rings. The molecule has 0 spiro atoms. The summed E-state index contributed by atoms with van der Waals surface area (Å²) in [5.41, 5.74) is 0. The van der Waals surface area contributed by atoms with Crippen LogP contribution < -0.4 is 10.6 Å². The molecule has 2 amide bonds. The summed E-state index contributed by atoms with van der Waals surface area (Å²) < 4.78 is 1.07. The Hall–Kier alpha value is -0.590. The minimum Gasteiger partial charge on any atom is -0.338 e. The molecule has 0 radical (unpaired) electrons. The van der Waals surface area contributed by atoms with E-state index in [2.05, 4.69) is 38.4 Å². The molecule has 1 atom stereocenters. The number of hydrogen-bond acceptors (Lipinski definition) is 3. The quantitative estimate of drug-likeness (QED) is 0.801. The molecule has 1 aliphatic heterocycles. The summed E-state index contributed by atoms with van der Waals surface area (Å²) in [6, 6.07) is 1.95. The van der Waals surface area contributed by atoms with Crippen molar-refractivity contribution in [2.75, 3.05) is 26.2 Å². The summed E-state index contributed by atoms with van der Waals surface area (Å²) in [7, 11) is 0. The normalized spacial score (nSPS) is 17.4. The highest BCUT2D eigenvalue weighted by atomic mass is 79.9. The topological polar surface area (TPSA) is 44.4 Å². The van der Waals surface area contributed by atoms with Crippen LogP contribution in [0, 0.1) is 5.92 Å². The molecule has 0 saturated carbocycles. The average Bonchev–Trinajstić information content (AvgIpc) is 2.90. The van der Waals surface area contributed by atoms with E-state index < -0.39 is 0 Å². The molecule has 0 aliphatic carbocycles. The van der Waals surface area contributed by atoms with Gasteiger partial charge in [-0.2, -0.15) is 0 Å². The predicted octanol–water partition coefficient (Wildman–Crippen LogP) is 3.43. The van der Waals surface area contributed by atoms with E-state index in [9.17, 15) is 4.79 Å². The first kappa shape index (κ1) is 16.8. The molecule has 21 heavy (non-hydrogen) atoms. The third kappa shape index (κ3) is 6.36. The lowest BCUT2D eigenvalue weighted by molar-refractivity contribution is 0.197. The Kier molecular flexibility index (Phi) is 6.99. The summed E-state index contributed by atoms with van der Waals surface area (Å²) in [5, 5.41) is 7.89. The monoisotopic (exact) mass is 373 g/mol. The van der Waals surface area contributed by atoms with Crippen LogP contribution in [0.3, 0.4) is 0 Å². The first-order valence-corrected chi connectivity index (χ1v) is 9.27. The van der Waals surface area contributed by atoms with Crippen molar-refractivity contribution >= 4 is 33.3 Å². The zero-order valence-corrected chi connectivity index (χ0v) is 14.9. The van der Waals surface area contributed by atoms with Gasteiger partial charge in [-0.25, -0.2) is 4.79 Å². The van der Waals surface area contributed by atoms with Crippen molar-refractivity contribution in [2.45, 2.75) is 32.7 Å². The first-order valence-electron chi connectivity index (χ1n) is 7.60. The molecule has 6 heteroatoms. The number of hydrogen-bond donors (Lipinski definition) is 2. The summed E-state index contributed by atoms with van der Waals surface area (Å²) in [4.78, 5) is 15.4. The number of nitrogens with one attached hydrogen (secondary N) is 2. The van der Waals surface area contributed by atoms with E-state index >= 15 is 0 Å². The molecule has 1 aromatic rings. The van der Waals surface area contributed by atoms with Crippen LogP contribution in [0.2, 0.25) is 0 Å². The van der Waals surface area contributed by atoms with Crippen LogP contribution in [0.25, 0.3) is 0 Å². The summed E-state index contributed by atoms with van der Waals surface area (Å²) in [6.07, 6.45) is 4.00. The van der Waals surface area contributed by atoms with E-state index in [0.29, 0.717) is 12.5 Å². The van der Waals surface area contributed by atoms with Crippen molar-refractivity contribution in [2.24, 2.45) is 5.92 Å². The zero-order chi connectivity index (χ0) is 15.1. The Bertz CT molecular complexity index is 446. The number of rotatable bonds is 6. The van der Waals surface area contributed by atoms with E-state index in [4.69, 9.17) is 0 Å². The van der Waals surface area contributed by atoms with Gasteiger partial charge in [0, 0.05) is 27.8 Å². The van der Waals surface area contributed by atoms with Gasteiger partial charge in [0.1, 0.15) is 0 Å². The van der Waals surface area contributed by atoms with Gasteiger partial charge < -0.3 is 15.5 Å². The molecule has 2 N–H and O–H groups in total. The standard InChI is InChI=1S/C15H24BrN3OS/c1-12(10-19-5-3-2-4-6-19)8-17-15(20)18-9-14-7-13(16)11-21-14/h7,11-12H,2-6,8-10H2,1H3,(H2,17,18,20). The number of thiophene rings is 1. The Morgan fingerprint density at radius 2 is 2.14 bits per heavy atom. The van der Waals surface area contributed by atoms with Crippen LogP contribution in [-0.2, 0) is 6.54 Å². The Morgan fingerprint density at radius 1 is 1.38 bits per heavy atom. The van der Waals surface area contributed by atoms with Gasteiger partial charge in [-0.15, -0.1) is 11.3 Å². The van der Waals surface area contributed by atoms with Crippen LogP contribution in [0.4, 0.5) is 4.79 Å². The van der Waals surface area contributed by atoms with Crippen molar-refractivity contribution in [3.05, 3.63) is 20.8 Å². The number of piperidine rings is 1. The fourth-order valence-corrected chi connectivity index (χ4v) is 3.98. The molecular formula is C15H24BrN3OS. The summed E-state index contributed by atoms with van der Waals surface area (Å²) in [6.45, 7) is 7.02. The molecule has 1 fully saturated rings. The molecule has 2 heterocycles. The molecule has 0 aromatic carbocycles. The Morgan fingerprint density at radius 3 is 2.81 bits per heavy atom.